The van der Waals surface area contributed by atoms with Crippen LogP contribution in [0.25, 0.3) is 0 Å². The number of aromatic nitrogens is 1. The number of halogens is 1. The maximum atomic E-state index is 12.6. The number of hydrogen-bond acceptors (Lipinski definition) is 5. The molecule has 8 nitrogen and oxygen atoms in total. The van der Waals surface area contributed by atoms with Crippen LogP contribution >= 0.6 is 11.6 Å². The molecule has 0 aliphatic carbocycles. The van der Waals surface area contributed by atoms with Gasteiger partial charge in [-0.2, -0.15) is 0 Å². The minimum atomic E-state index is -0.505. The van der Waals surface area contributed by atoms with Crippen molar-refractivity contribution in [2.75, 3.05) is 12.4 Å². The zero-order valence-electron chi connectivity index (χ0n) is 15.3. The lowest BCUT2D eigenvalue weighted by Crippen LogP contribution is -2.22. The van der Waals surface area contributed by atoms with Gasteiger partial charge in [0.05, 0.1) is 29.8 Å². The summed E-state index contributed by atoms with van der Waals surface area (Å²) >= 11 is 5.97. The standard InChI is InChI=1S/C20H16ClN3O5/c1-29-18-7-6-15(21)10-17(18)22-20(26)14-5-8-19(25)23(12-14)11-13-3-2-4-16(9-13)24(27)28/h2-10,12H,11H2,1H3,(H,22,26). The predicted octanol–water partition coefficient (Wildman–Crippen LogP) is 3.72. The largest absolute Gasteiger partial charge is 0.495 e. The van der Waals surface area contributed by atoms with Crippen molar-refractivity contribution in [1.82, 2.24) is 4.57 Å². The van der Waals surface area contributed by atoms with Crippen LogP contribution in [0, 0.1) is 10.1 Å². The van der Waals surface area contributed by atoms with Crippen molar-refractivity contribution in [2.24, 2.45) is 0 Å². The summed E-state index contributed by atoms with van der Waals surface area (Å²) < 4.78 is 6.51. The number of carbonyl (C=O) groups excluding carboxylic acids is 1. The van der Waals surface area contributed by atoms with E-state index in [1.54, 1.807) is 30.3 Å². The Bertz CT molecular complexity index is 1140. The third-order valence-corrected chi connectivity index (χ3v) is 4.36. The van der Waals surface area contributed by atoms with E-state index in [0.29, 0.717) is 22.0 Å². The summed E-state index contributed by atoms with van der Waals surface area (Å²) in [6.07, 6.45) is 1.40. The van der Waals surface area contributed by atoms with Gasteiger partial charge in [-0.05, 0) is 29.8 Å². The molecule has 0 saturated heterocycles. The molecule has 3 rings (SSSR count). The molecule has 0 aliphatic heterocycles. The Hall–Kier alpha value is -3.65. The van der Waals surface area contributed by atoms with Gasteiger partial charge >= 0.3 is 0 Å². The highest BCUT2D eigenvalue weighted by atomic mass is 35.5. The number of benzene rings is 2. The van der Waals surface area contributed by atoms with Crippen LogP contribution in [0.15, 0.2) is 65.6 Å². The molecular formula is C20H16ClN3O5. The molecule has 0 aliphatic rings. The number of amides is 1. The third-order valence-electron chi connectivity index (χ3n) is 4.13. The first-order valence-corrected chi connectivity index (χ1v) is 8.84. The van der Waals surface area contributed by atoms with E-state index in [4.69, 9.17) is 16.3 Å². The molecule has 3 aromatic rings. The molecule has 1 amide bonds. The second-order valence-corrected chi connectivity index (χ2v) is 6.55. The number of nitro groups is 1. The van der Waals surface area contributed by atoms with Crippen LogP contribution < -0.4 is 15.6 Å². The monoisotopic (exact) mass is 413 g/mol. The molecule has 1 aromatic heterocycles. The summed E-state index contributed by atoms with van der Waals surface area (Å²) in [4.78, 5) is 35.2. The van der Waals surface area contributed by atoms with Gasteiger partial charge < -0.3 is 14.6 Å². The van der Waals surface area contributed by atoms with E-state index in [9.17, 15) is 19.7 Å². The fourth-order valence-electron chi connectivity index (χ4n) is 2.73. The van der Waals surface area contributed by atoms with E-state index < -0.39 is 10.8 Å². The van der Waals surface area contributed by atoms with Gasteiger partial charge in [0, 0.05) is 29.4 Å². The molecule has 1 heterocycles. The number of pyridine rings is 1. The number of carbonyl (C=O) groups is 1. The number of nitrogens with zero attached hydrogens (tertiary/aromatic N) is 2. The first-order chi connectivity index (χ1) is 13.9. The average molecular weight is 414 g/mol. The van der Waals surface area contributed by atoms with E-state index in [1.165, 1.54) is 42.1 Å². The Labute approximate surface area is 170 Å². The smallest absolute Gasteiger partial charge is 0.269 e. The van der Waals surface area contributed by atoms with Crippen molar-refractivity contribution in [3.05, 3.63) is 97.4 Å². The van der Waals surface area contributed by atoms with Crippen LogP contribution in [-0.2, 0) is 6.54 Å². The maximum absolute atomic E-state index is 12.6. The normalized spacial score (nSPS) is 10.4. The Kier molecular flexibility index (Phi) is 5.94. The van der Waals surface area contributed by atoms with Gasteiger partial charge in [0.15, 0.2) is 0 Å². The average Bonchev–Trinajstić information content (AvgIpc) is 2.70. The SMILES string of the molecule is COc1ccc(Cl)cc1NC(=O)c1ccc(=O)n(Cc2cccc([N+](=O)[O-])c2)c1. The zero-order valence-corrected chi connectivity index (χ0v) is 16.1. The number of anilines is 1. The Balaban J connectivity index is 1.86. The van der Waals surface area contributed by atoms with Crippen LogP contribution in [0.3, 0.4) is 0 Å². The highest BCUT2D eigenvalue weighted by Crippen LogP contribution is 2.28. The van der Waals surface area contributed by atoms with Crippen molar-refractivity contribution in [1.29, 1.82) is 0 Å². The number of hydrogen-bond donors (Lipinski definition) is 1. The van der Waals surface area contributed by atoms with E-state index in [0.717, 1.165) is 0 Å². The van der Waals surface area contributed by atoms with Crippen LogP contribution in [0.5, 0.6) is 5.75 Å². The molecule has 0 atom stereocenters. The third kappa shape index (κ3) is 4.80. The minimum absolute atomic E-state index is 0.0718. The van der Waals surface area contributed by atoms with Crippen molar-refractivity contribution in [2.45, 2.75) is 6.54 Å². The predicted molar refractivity (Wildman–Crippen MR) is 109 cm³/mol. The molecule has 0 unspecified atom stereocenters. The number of ether oxygens (including phenoxy) is 1. The zero-order chi connectivity index (χ0) is 21.0. The summed E-state index contributed by atoms with van der Waals surface area (Å²) in [6.45, 7) is 0.0854. The van der Waals surface area contributed by atoms with Crippen LogP contribution in [-0.4, -0.2) is 22.5 Å². The number of nitro benzene ring substituents is 1. The van der Waals surface area contributed by atoms with E-state index >= 15 is 0 Å². The molecule has 0 radical (unpaired) electrons. The van der Waals surface area contributed by atoms with E-state index in [-0.39, 0.29) is 23.4 Å². The lowest BCUT2D eigenvalue weighted by Gasteiger charge is -2.12. The topological polar surface area (TPSA) is 103 Å². The number of rotatable bonds is 6. The van der Waals surface area contributed by atoms with Gasteiger partial charge in [-0.15, -0.1) is 0 Å². The Morgan fingerprint density at radius 3 is 2.72 bits per heavy atom. The number of non-ortho nitro benzene ring substituents is 1. The Morgan fingerprint density at radius 2 is 2.00 bits per heavy atom. The first-order valence-electron chi connectivity index (χ1n) is 8.46. The fraction of sp³-hybridized carbons (Fsp3) is 0.100. The van der Waals surface area contributed by atoms with Crippen molar-refractivity contribution in [3.63, 3.8) is 0 Å². The summed E-state index contributed by atoms with van der Waals surface area (Å²) in [7, 11) is 1.47. The van der Waals surface area contributed by atoms with Crippen LogP contribution in [0.1, 0.15) is 15.9 Å². The molecule has 2 aromatic carbocycles. The first kappa shape index (κ1) is 20.1. The summed E-state index contributed by atoms with van der Waals surface area (Å²) in [6, 6.07) is 13.4. The molecular weight excluding hydrogens is 398 g/mol. The second-order valence-electron chi connectivity index (χ2n) is 6.11. The lowest BCUT2D eigenvalue weighted by atomic mass is 10.2. The van der Waals surface area contributed by atoms with Crippen molar-refractivity contribution in [3.8, 4) is 5.75 Å². The second kappa shape index (κ2) is 8.57. The van der Waals surface area contributed by atoms with Gasteiger partial charge in [0.2, 0.25) is 0 Å². The highest BCUT2D eigenvalue weighted by Gasteiger charge is 2.13. The summed E-state index contributed by atoms with van der Waals surface area (Å²) in [5, 5.41) is 14.1. The minimum Gasteiger partial charge on any atom is -0.495 e. The van der Waals surface area contributed by atoms with Gasteiger partial charge in [-0.3, -0.25) is 19.7 Å². The van der Waals surface area contributed by atoms with Gasteiger partial charge in [0.25, 0.3) is 17.2 Å². The molecule has 0 spiro atoms. The summed E-state index contributed by atoms with van der Waals surface area (Å²) in [5.74, 6) is -0.0222. The maximum Gasteiger partial charge on any atom is 0.269 e. The molecule has 0 saturated carbocycles. The van der Waals surface area contributed by atoms with Crippen molar-refractivity contribution >= 4 is 28.9 Å². The van der Waals surface area contributed by atoms with E-state index in [2.05, 4.69) is 5.32 Å². The fourth-order valence-corrected chi connectivity index (χ4v) is 2.90. The quantitative estimate of drug-likeness (QED) is 0.490. The molecule has 9 heteroatoms. The molecule has 0 bridgehead atoms. The molecule has 0 fully saturated rings. The highest BCUT2D eigenvalue weighted by molar-refractivity contribution is 6.31. The van der Waals surface area contributed by atoms with E-state index in [1.807, 2.05) is 0 Å². The molecule has 148 valence electrons. The van der Waals surface area contributed by atoms with Gasteiger partial charge in [0.1, 0.15) is 5.75 Å². The molecule has 29 heavy (non-hydrogen) atoms. The van der Waals surface area contributed by atoms with Crippen molar-refractivity contribution < 1.29 is 14.5 Å². The van der Waals surface area contributed by atoms with Gasteiger partial charge in [-0.1, -0.05) is 23.7 Å². The Morgan fingerprint density at radius 1 is 1.21 bits per heavy atom. The summed E-state index contributed by atoms with van der Waals surface area (Å²) in [5.41, 5.74) is 0.778. The van der Waals surface area contributed by atoms with Crippen LogP contribution in [0.4, 0.5) is 11.4 Å². The number of methoxy groups -OCH3 is 1. The number of nitrogens with one attached hydrogen (secondary N) is 1. The lowest BCUT2D eigenvalue weighted by molar-refractivity contribution is -0.384. The molecule has 1 N–H and O–H groups in total. The van der Waals surface area contributed by atoms with Crippen LogP contribution in [0.2, 0.25) is 5.02 Å². The van der Waals surface area contributed by atoms with Gasteiger partial charge in [-0.25, -0.2) is 0 Å².